The van der Waals surface area contributed by atoms with Crippen molar-refractivity contribution in [3.63, 3.8) is 0 Å². The Balaban J connectivity index is 0. The fourth-order valence-corrected chi connectivity index (χ4v) is 4.65. The van der Waals surface area contributed by atoms with Crippen molar-refractivity contribution in [1.29, 1.82) is 0 Å². The Hall–Kier alpha value is 2.26. The zero-order valence-electron chi connectivity index (χ0n) is 9.43. The second-order valence-corrected chi connectivity index (χ2v) is 8.86. The molecular formula is C8H20Na2O7P2. The maximum atomic E-state index is 11.1. The van der Waals surface area contributed by atoms with Gasteiger partial charge in [0.2, 0.25) is 0 Å². The van der Waals surface area contributed by atoms with Gasteiger partial charge >= 0.3 is 74.3 Å². The van der Waals surface area contributed by atoms with Crippen molar-refractivity contribution in [2.24, 2.45) is 11.8 Å². The Morgan fingerprint density at radius 1 is 1.05 bits per heavy atom. The molecule has 0 amide bonds. The predicted molar refractivity (Wildman–Crippen MR) is 74.5 cm³/mol. The summed E-state index contributed by atoms with van der Waals surface area (Å²) in [5, 5.41) is 6.46. The molecule has 0 radical (unpaired) electrons. The Morgan fingerprint density at radius 3 is 1.74 bits per heavy atom. The number of hydrogen-bond donors (Lipinski definition) is 5. The van der Waals surface area contributed by atoms with Crippen LogP contribution >= 0.6 is 15.2 Å². The topological polar surface area (TPSA) is 135 Å². The van der Waals surface area contributed by atoms with E-state index in [9.17, 15) is 14.2 Å². The van der Waals surface area contributed by atoms with E-state index in [-0.39, 0.29) is 65.0 Å². The van der Waals surface area contributed by atoms with Crippen LogP contribution < -0.4 is 0 Å². The van der Waals surface area contributed by atoms with Crippen LogP contribution in [-0.2, 0) is 9.13 Å². The fourth-order valence-electron chi connectivity index (χ4n) is 2.31. The average Bonchev–Trinajstić information content (AvgIpc) is 2.47. The molecule has 5 N–H and O–H groups in total. The SMILES string of the molecule is CC1CCC(CC(O)(P(=O)(O)O)P(=O)(O)O)C1.[NaH].[NaH]. The molecule has 1 aliphatic rings. The first kappa shape index (κ1) is 23.5. The van der Waals surface area contributed by atoms with Crippen LogP contribution in [-0.4, -0.2) is 88.9 Å². The van der Waals surface area contributed by atoms with Crippen LogP contribution in [0.4, 0.5) is 0 Å². The van der Waals surface area contributed by atoms with Crippen LogP contribution in [0.15, 0.2) is 0 Å². The van der Waals surface area contributed by atoms with Crippen molar-refractivity contribution in [2.45, 2.75) is 37.7 Å². The molecule has 0 aromatic heterocycles. The van der Waals surface area contributed by atoms with Crippen LogP contribution in [0.2, 0.25) is 0 Å². The minimum absolute atomic E-state index is 0. The molecule has 2 atom stereocenters. The van der Waals surface area contributed by atoms with Gasteiger partial charge in [-0.2, -0.15) is 0 Å². The Kier molecular flexibility index (Phi) is 10.2. The fraction of sp³-hybridized carbons (Fsp3) is 1.00. The minimum atomic E-state index is -5.29. The molecule has 1 saturated carbocycles. The average molecular weight is 336 g/mol. The first-order chi connectivity index (χ1) is 7.47. The summed E-state index contributed by atoms with van der Waals surface area (Å²) in [6.45, 7) is 1.95. The van der Waals surface area contributed by atoms with Crippen LogP contribution in [0.3, 0.4) is 0 Å². The van der Waals surface area contributed by atoms with Gasteiger partial charge in [-0.25, -0.2) is 0 Å². The monoisotopic (exact) mass is 336 g/mol. The van der Waals surface area contributed by atoms with Gasteiger partial charge in [-0.15, -0.1) is 0 Å². The zero-order valence-corrected chi connectivity index (χ0v) is 11.2. The number of hydrogen-bond acceptors (Lipinski definition) is 3. The van der Waals surface area contributed by atoms with Gasteiger partial charge in [0.25, 0.3) is 5.08 Å². The molecular weight excluding hydrogens is 316 g/mol. The molecule has 11 heteroatoms. The van der Waals surface area contributed by atoms with E-state index in [1.807, 2.05) is 6.92 Å². The van der Waals surface area contributed by atoms with E-state index >= 15 is 0 Å². The molecule has 0 heterocycles. The summed E-state index contributed by atoms with van der Waals surface area (Å²) in [4.78, 5) is 35.9. The van der Waals surface area contributed by atoms with Crippen molar-refractivity contribution < 1.29 is 33.8 Å². The van der Waals surface area contributed by atoms with E-state index < -0.39 is 26.7 Å². The van der Waals surface area contributed by atoms with Gasteiger partial charge < -0.3 is 24.7 Å². The van der Waals surface area contributed by atoms with Gasteiger partial charge in [-0.3, -0.25) is 9.13 Å². The van der Waals surface area contributed by atoms with Crippen LogP contribution in [0.5, 0.6) is 0 Å². The summed E-state index contributed by atoms with van der Waals surface area (Å²) in [7, 11) is -10.6. The summed E-state index contributed by atoms with van der Waals surface area (Å²) in [6.07, 6.45) is 1.50. The molecule has 0 aliphatic heterocycles. The molecule has 7 nitrogen and oxygen atoms in total. The molecule has 0 aromatic carbocycles. The molecule has 106 valence electrons. The number of aliphatic hydroxyl groups is 1. The van der Waals surface area contributed by atoms with Gasteiger partial charge in [0, 0.05) is 6.42 Å². The Labute approximate surface area is 156 Å². The molecule has 0 spiro atoms. The molecule has 2 unspecified atom stereocenters. The van der Waals surface area contributed by atoms with E-state index in [1.165, 1.54) is 0 Å². The van der Waals surface area contributed by atoms with Gasteiger partial charge in [0.05, 0.1) is 0 Å². The zero-order chi connectivity index (χ0) is 13.5. The van der Waals surface area contributed by atoms with Crippen molar-refractivity contribution >= 4 is 74.3 Å². The van der Waals surface area contributed by atoms with Crippen molar-refractivity contribution in [3.05, 3.63) is 0 Å². The van der Waals surface area contributed by atoms with Crippen molar-refractivity contribution in [2.75, 3.05) is 0 Å². The van der Waals surface area contributed by atoms with Crippen LogP contribution in [0.1, 0.15) is 32.6 Å². The van der Waals surface area contributed by atoms with E-state index in [0.717, 1.165) is 6.42 Å². The molecule has 1 rings (SSSR count). The van der Waals surface area contributed by atoms with E-state index in [1.54, 1.807) is 0 Å². The van der Waals surface area contributed by atoms with E-state index in [0.29, 0.717) is 18.8 Å². The predicted octanol–water partition coefficient (Wildman–Crippen LogP) is -0.483. The van der Waals surface area contributed by atoms with E-state index in [2.05, 4.69) is 0 Å². The Bertz CT molecular complexity index is 357. The first-order valence-electron chi connectivity index (χ1n) is 5.31. The second kappa shape index (κ2) is 8.21. The third-order valence-corrected chi connectivity index (χ3v) is 7.09. The summed E-state index contributed by atoms with van der Waals surface area (Å²) < 4.78 is 22.2. The number of rotatable bonds is 4. The molecule has 1 fully saturated rings. The third kappa shape index (κ3) is 5.76. The standard InChI is InChI=1S/C8H18O7P2.2Na.2H/c1-6-2-3-7(4-6)5-8(9,16(10,11)12)17(13,14)15;;;;/h6-7,9H,2-5H2,1H3,(H2,10,11,12)(H2,13,14,15);;;;. The third-order valence-electron chi connectivity index (χ3n) is 3.30. The van der Waals surface area contributed by atoms with Crippen molar-refractivity contribution in [3.8, 4) is 0 Å². The molecule has 0 aromatic rings. The first-order valence-corrected chi connectivity index (χ1v) is 8.53. The van der Waals surface area contributed by atoms with Gasteiger partial charge in [0.1, 0.15) is 0 Å². The van der Waals surface area contributed by atoms with Crippen LogP contribution in [0, 0.1) is 11.8 Å². The van der Waals surface area contributed by atoms with Gasteiger partial charge in [-0.1, -0.05) is 19.8 Å². The Morgan fingerprint density at radius 2 is 1.47 bits per heavy atom. The van der Waals surface area contributed by atoms with E-state index in [4.69, 9.17) is 19.6 Å². The summed E-state index contributed by atoms with van der Waals surface area (Å²) in [6, 6.07) is 0. The molecule has 1 aliphatic carbocycles. The summed E-state index contributed by atoms with van der Waals surface area (Å²) in [5.41, 5.74) is 0. The van der Waals surface area contributed by atoms with Gasteiger partial charge in [0.15, 0.2) is 0 Å². The molecule has 19 heavy (non-hydrogen) atoms. The second-order valence-electron chi connectivity index (χ2n) is 4.85. The summed E-state index contributed by atoms with van der Waals surface area (Å²) in [5.74, 6) is 0.0769. The van der Waals surface area contributed by atoms with Gasteiger partial charge in [-0.05, 0) is 18.3 Å². The molecule has 0 saturated heterocycles. The van der Waals surface area contributed by atoms with Crippen molar-refractivity contribution in [1.82, 2.24) is 0 Å². The molecule has 0 bridgehead atoms. The maximum absolute atomic E-state index is 11.1. The summed E-state index contributed by atoms with van der Waals surface area (Å²) >= 11 is 0. The normalized spacial score (nSPS) is 24.5. The van der Waals surface area contributed by atoms with Crippen LogP contribution in [0.25, 0.3) is 0 Å². The quantitative estimate of drug-likeness (QED) is 0.345.